The first kappa shape index (κ1) is 24.4. The lowest BCUT2D eigenvalue weighted by Gasteiger charge is -2.31. The van der Waals surface area contributed by atoms with Crippen LogP contribution in [0, 0.1) is 12.8 Å². The van der Waals surface area contributed by atoms with Crippen molar-refractivity contribution < 1.29 is 4.79 Å². The van der Waals surface area contributed by atoms with E-state index < -0.39 is 0 Å². The monoisotopic (exact) mass is 467 g/mol. The SMILES string of the molecule is Cc1cccc(-n2c(C(C)N(CCc3ccccc3)C(=O)CC(C)C)nc3ccccc3c2=O)c1. The first-order chi connectivity index (χ1) is 16.8. The molecule has 0 radical (unpaired) electrons. The van der Waals surface area contributed by atoms with Gasteiger partial charge in [0, 0.05) is 13.0 Å². The molecule has 0 saturated heterocycles. The third-order valence-corrected chi connectivity index (χ3v) is 6.29. The molecule has 1 unspecified atom stereocenters. The minimum atomic E-state index is -0.386. The number of para-hydroxylation sites is 1. The van der Waals surface area contributed by atoms with Crippen molar-refractivity contribution >= 4 is 16.8 Å². The molecule has 0 saturated carbocycles. The van der Waals surface area contributed by atoms with Crippen LogP contribution in [0.1, 0.15) is 50.2 Å². The highest BCUT2D eigenvalue weighted by atomic mass is 16.2. The van der Waals surface area contributed by atoms with Gasteiger partial charge >= 0.3 is 0 Å². The van der Waals surface area contributed by atoms with Crippen LogP contribution in [0.25, 0.3) is 16.6 Å². The lowest BCUT2D eigenvalue weighted by atomic mass is 10.1. The molecule has 1 amide bonds. The molecule has 1 aromatic heterocycles. The number of carbonyl (C=O) groups is 1. The van der Waals surface area contributed by atoms with E-state index in [9.17, 15) is 9.59 Å². The lowest BCUT2D eigenvalue weighted by Crippen LogP contribution is -2.39. The van der Waals surface area contributed by atoms with Crippen molar-refractivity contribution in [3.05, 3.63) is 106 Å². The van der Waals surface area contributed by atoms with Crippen LogP contribution in [0.15, 0.2) is 83.7 Å². The number of carbonyl (C=O) groups excluding carboxylic acids is 1. The van der Waals surface area contributed by atoms with Crippen LogP contribution in [0.5, 0.6) is 0 Å². The van der Waals surface area contributed by atoms with E-state index in [1.54, 1.807) is 4.57 Å². The summed E-state index contributed by atoms with van der Waals surface area (Å²) in [7, 11) is 0. The Morgan fingerprint density at radius 2 is 1.66 bits per heavy atom. The Balaban J connectivity index is 1.84. The van der Waals surface area contributed by atoms with E-state index in [4.69, 9.17) is 4.98 Å². The summed E-state index contributed by atoms with van der Waals surface area (Å²) in [5.74, 6) is 0.878. The van der Waals surface area contributed by atoms with Crippen LogP contribution in [-0.2, 0) is 11.2 Å². The number of hydrogen-bond acceptors (Lipinski definition) is 3. The maximum Gasteiger partial charge on any atom is 0.266 e. The molecule has 5 heteroatoms. The highest BCUT2D eigenvalue weighted by molar-refractivity contribution is 5.79. The summed E-state index contributed by atoms with van der Waals surface area (Å²) >= 11 is 0. The van der Waals surface area contributed by atoms with Gasteiger partial charge in [-0.2, -0.15) is 0 Å². The fraction of sp³-hybridized carbons (Fsp3) is 0.300. The molecule has 0 N–H and O–H groups in total. The molecule has 4 aromatic rings. The molecule has 0 bridgehead atoms. The van der Waals surface area contributed by atoms with Crippen molar-refractivity contribution in [3.8, 4) is 5.69 Å². The van der Waals surface area contributed by atoms with Gasteiger partial charge in [-0.15, -0.1) is 0 Å². The van der Waals surface area contributed by atoms with E-state index in [2.05, 4.69) is 26.0 Å². The number of benzene rings is 3. The Morgan fingerprint density at radius 1 is 0.943 bits per heavy atom. The fourth-order valence-corrected chi connectivity index (χ4v) is 4.48. The molecule has 180 valence electrons. The number of aromatic nitrogens is 2. The molecule has 4 rings (SSSR count). The summed E-state index contributed by atoms with van der Waals surface area (Å²) in [6.45, 7) is 8.63. The summed E-state index contributed by atoms with van der Waals surface area (Å²) in [4.78, 5) is 34.0. The summed E-state index contributed by atoms with van der Waals surface area (Å²) < 4.78 is 1.68. The first-order valence-electron chi connectivity index (χ1n) is 12.3. The van der Waals surface area contributed by atoms with Gasteiger partial charge in [-0.3, -0.25) is 14.2 Å². The van der Waals surface area contributed by atoms with Gasteiger partial charge in [0.25, 0.3) is 5.56 Å². The van der Waals surface area contributed by atoms with Crippen LogP contribution in [-0.4, -0.2) is 26.9 Å². The molecule has 0 spiro atoms. The molecule has 0 aliphatic rings. The zero-order valence-electron chi connectivity index (χ0n) is 20.9. The van der Waals surface area contributed by atoms with E-state index in [0.717, 1.165) is 17.7 Å². The molecule has 1 heterocycles. The van der Waals surface area contributed by atoms with E-state index in [0.29, 0.717) is 29.7 Å². The summed E-state index contributed by atoms with van der Waals surface area (Å²) in [5.41, 5.74) is 3.50. The number of nitrogens with zero attached hydrogens (tertiary/aromatic N) is 3. The fourth-order valence-electron chi connectivity index (χ4n) is 4.48. The second-order valence-corrected chi connectivity index (χ2v) is 9.56. The third-order valence-electron chi connectivity index (χ3n) is 6.29. The van der Waals surface area contributed by atoms with Crippen LogP contribution >= 0.6 is 0 Å². The Bertz CT molecular complexity index is 1380. The average Bonchev–Trinajstić information content (AvgIpc) is 2.84. The molecular weight excluding hydrogens is 434 g/mol. The molecule has 0 aliphatic heterocycles. The Labute approximate surface area is 207 Å². The highest BCUT2D eigenvalue weighted by Gasteiger charge is 2.27. The minimum Gasteiger partial charge on any atom is -0.332 e. The first-order valence-corrected chi connectivity index (χ1v) is 12.3. The van der Waals surface area contributed by atoms with E-state index >= 15 is 0 Å². The maximum absolute atomic E-state index is 13.7. The van der Waals surface area contributed by atoms with E-state index in [1.807, 2.05) is 85.5 Å². The zero-order valence-corrected chi connectivity index (χ0v) is 20.9. The van der Waals surface area contributed by atoms with Crippen LogP contribution in [0.2, 0.25) is 0 Å². The largest absolute Gasteiger partial charge is 0.332 e. The van der Waals surface area contributed by atoms with Gasteiger partial charge in [0.15, 0.2) is 0 Å². The predicted molar refractivity (Wildman–Crippen MR) is 142 cm³/mol. The normalized spacial score (nSPS) is 12.1. The molecular formula is C30H33N3O2. The van der Waals surface area contributed by atoms with Gasteiger partial charge in [0.05, 0.1) is 22.6 Å². The Kier molecular flexibility index (Phi) is 7.45. The van der Waals surface area contributed by atoms with Crippen LogP contribution in [0.4, 0.5) is 0 Å². The summed E-state index contributed by atoms with van der Waals surface area (Å²) in [5, 5.41) is 0.564. The van der Waals surface area contributed by atoms with Gasteiger partial charge in [-0.1, -0.05) is 68.4 Å². The van der Waals surface area contributed by atoms with Crippen LogP contribution in [0.3, 0.4) is 0 Å². The molecule has 5 nitrogen and oxygen atoms in total. The van der Waals surface area contributed by atoms with Crippen molar-refractivity contribution in [1.29, 1.82) is 0 Å². The van der Waals surface area contributed by atoms with Crippen molar-refractivity contribution in [2.75, 3.05) is 6.54 Å². The number of hydrogen-bond donors (Lipinski definition) is 0. The quantitative estimate of drug-likeness (QED) is 0.326. The molecule has 3 aromatic carbocycles. The number of rotatable bonds is 8. The number of aryl methyl sites for hydroxylation is 1. The van der Waals surface area contributed by atoms with Crippen LogP contribution < -0.4 is 5.56 Å². The number of fused-ring (bicyclic) bond motifs is 1. The zero-order chi connectivity index (χ0) is 24.9. The Morgan fingerprint density at radius 3 is 2.37 bits per heavy atom. The molecule has 35 heavy (non-hydrogen) atoms. The minimum absolute atomic E-state index is 0.0710. The summed E-state index contributed by atoms with van der Waals surface area (Å²) in [6.07, 6.45) is 1.18. The average molecular weight is 468 g/mol. The van der Waals surface area contributed by atoms with Crippen molar-refractivity contribution in [2.24, 2.45) is 5.92 Å². The molecule has 0 fully saturated rings. The van der Waals surface area contributed by atoms with Crippen molar-refractivity contribution in [1.82, 2.24) is 14.5 Å². The molecule has 0 aliphatic carbocycles. The Hall–Kier alpha value is -3.73. The predicted octanol–water partition coefficient (Wildman–Crippen LogP) is 5.87. The summed E-state index contributed by atoms with van der Waals surface area (Å²) in [6, 6.07) is 25.0. The van der Waals surface area contributed by atoms with E-state index in [-0.39, 0.29) is 23.4 Å². The third kappa shape index (κ3) is 5.51. The lowest BCUT2D eigenvalue weighted by molar-refractivity contribution is -0.134. The highest BCUT2D eigenvalue weighted by Crippen LogP contribution is 2.25. The maximum atomic E-state index is 13.7. The number of amides is 1. The topological polar surface area (TPSA) is 55.2 Å². The second-order valence-electron chi connectivity index (χ2n) is 9.56. The standard InChI is InChI=1S/C30H33N3O2/c1-21(2)19-28(34)32(18-17-24-12-6-5-7-13-24)23(4)29-31-27-16-9-8-15-26(27)30(35)33(29)25-14-10-11-22(3)20-25/h5-16,20-21,23H,17-19H2,1-4H3. The van der Waals surface area contributed by atoms with Gasteiger partial charge in [-0.05, 0) is 61.6 Å². The van der Waals surface area contributed by atoms with Gasteiger partial charge in [-0.25, -0.2) is 4.98 Å². The van der Waals surface area contributed by atoms with Gasteiger partial charge in [0.2, 0.25) is 5.91 Å². The van der Waals surface area contributed by atoms with Crippen molar-refractivity contribution in [2.45, 2.75) is 46.6 Å². The second kappa shape index (κ2) is 10.7. The van der Waals surface area contributed by atoms with Gasteiger partial charge in [0.1, 0.15) is 5.82 Å². The van der Waals surface area contributed by atoms with Crippen molar-refractivity contribution in [3.63, 3.8) is 0 Å². The molecule has 1 atom stereocenters. The smallest absolute Gasteiger partial charge is 0.266 e. The van der Waals surface area contributed by atoms with Gasteiger partial charge < -0.3 is 4.90 Å². The van der Waals surface area contributed by atoms with E-state index in [1.165, 1.54) is 5.56 Å².